The Bertz CT molecular complexity index is 557. The Hall–Kier alpha value is -1.26. The van der Waals surface area contributed by atoms with Crippen LogP contribution in [-0.2, 0) is 11.2 Å². The fourth-order valence-electron chi connectivity index (χ4n) is 1.67. The van der Waals surface area contributed by atoms with E-state index in [1.54, 1.807) is 11.8 Å². The predicted molar refractivity (Wildman–Crippen MR) is 81.1 cm³/mol. The third-order valence-corrected chi connectivity index (χ3v) is 4.45. The summed E-state index contributed by atoms with van der Waals surface area (Å²) in [5.74, 6) is -0.834. The van der Waals surface area contributed by atoms with E-state index in [1.807, 2.05) is 54.6 Å². The monoisotopic (exact) mass is 336 g/mol. The van der Waals surface area contributed by atoms with E-state index in [9.17, 15) is 4.79 Å². The number of hydrogen-bond donors (Lipinski definition) is 1. The largest absolute Gasteiger partial charge is 0.480 e. The number of alkyl halides is 1. The maximum atomic E-state index is 10.9. The third kappa shape index (κ3) is 4.11. The number of carboxylic acid groups (broad SMARTS) is 1. The van der Waals surface area contributed by atoms with Crippen LogP contribution in [0.2, 0.25) is 0 Å². The first-order chi connectivity index (χ1) is 9.16. The minimum Gasteiger partial charge on any atom is -0.480 e. The molecule has 2 nitrogen and oxygen atoms in total. The number of halogens is 1. The number of aliphatic carboxylic acids is 1. The average Bonchev–Trinajstić information content (AvgIpc) is 2.42. The first kappa shape index (κ1) is 14.2. The standard InChI is InChI=1S/C15H13BrO2S/c16-13(15(17)18)10-11-6-4-5-9-14(11)19-12-7-2-1-3-8-12/h1-9,13H,10H2,(H,17,18)/t13-/m0/s1. The van der Waals surface area contributed by atoms with Crippen LogP contribution in [-0.4, -0.2) is 15.9 Å². The lowest BCUT2D eigenvalue weighted by Crippen LogP contribution is -2.15. The molecule has 0 amide bonds. The summed E-state index contributed by atoms with van der Waals surface area (Å²) in [5, 5.41) is 8.97. The van der Waals surface area contributed by atoms with E-state index in [4.69, 9.17) is 5.11 Å². The average molecular weight is 337 g/mol. The number of carbonyl (C=O) groups is 1. The zero-order valence-electron chi connectivity index (χ0n) is 10.1. The van der Waals surface area contributed by atoms with E-state index in [1.165, 1.54) is 0 Å². The normalized spacial score (nSPS) is 12.1. The van der Waals surface area contributed by atoms with Gasteiger partial charge in [-0.1, -0.05) is 64.1 Å². The van der Waals surface area contributed by atoms with Crippen LogP contribution in [0.15, 0.2) is 64.4 Å². The molecule has 0 aliphatic heterocycles. The molecule has 2 rings (SSSR count). The van der Waals surface area contributed by atoms with Gasteiger partial charge in [0, 0.05) is 9.79 Å². The Morgan fingerprint density at radius 2 is 1.74 bits per heavy atom. The van der Waals surface area contributed by atoms with Gasteiger partial charge in [0.1, 0.15) is 4.83 Å². The molecule has 0 spiro atoms. The van der Waals surface area contributed by atoms with E-state index >= 15 is 0 Å². The second-order valence-corrected chi connectivity index (χ2v) is 6.25. The summed E-state index contributed by atoms with van der Waals surface area (Å²) in [6, 6.07) is 18.0. The van der Waals surface area contributed by atoms with Crippen LogP contribution in [0, 0.1) is 0 Å². The van der Waals surface area contributed by atoms with Gasteiger partial charge >= 0.3 is 5.97 Å². The van der Waals surface area contributed by atoms with E-state index in [2.05, 4.69) is 15.9 Å². The lowest BCUT2D eigenvalue weighted by Gasteiger charge is -2.10. The van der Waals surface area contributed by atoms with Gasteiger partial charge in [-0.15, -0.1) is 0 Å². The summed E-state index contributed by atoms with van der Waals surface area (Å²) in [5.41, 5.74) is 1.04. The van der Waals surface area contributed by atoms with Gasteiger partial charge in [0.05, 0.1) is 0 Å². The minimum atomic E-state index is -0.834. The van der Waals surface area contributed by atoms with Crippen molar-refractivity contribution >= 4 is 33.7 Å². The van der Waals surface area contributed by atoms with Gasteiger partial charge in [-0.25, -0.2) is 0 Å². The Morgan fingerprint density at radius 1 is 1.11 bits per heavy atom. The molecule has 0 bridgehead atoms. The van der Waals surface area contributed by atoms with Gasteiger partial charge in [-0.05, 0) is 30.2 Å². The summed E-state index contributed by atoms with van der Waals surface area (Å²) in [6.45, 7) is 0. The molecule has 0 saturated carbocycles. The highest BCUT2D eigenvalue weighted by Gasteiger charge is 2.15. The molecule has 98 valence electrons. The molecule has 0 fully saturated rings. The van der Waals surface area contributed by atoms with Gasteiger partial charge in [0.25, 0.3) is 0 Å². The molecule has 1 N–H and O–H groups in total. The molecule has 2 aromatic carbocycles. The molecule has 0 aliphatic rings. The van der Waals surface area contributed by atoms with Crippen LogP contribution in [0.25, 0.3) is 0 Å². The van der Waals surface area contributed by atoms with Gasteiger partial charge in [-0.3, -0.25) is 4.79 Å². The van der Waals surface area contributed by atoms with Crippen molar-refractivity contribution < 1.29 is 9.90 Å². The van der Waals surface area contributed by atoms with E-state index in [-0.39, 0.29) is 0 Å². The molecule has 0 unspecified atom stereocenters. The van der Waals surface area contributed by atoms with Gasteiger partial charge in [0.2, 0.25) is 0 Å². The van der Waals surface area contributed by atoms with Crippen molar-refractivity contribution in [3.8, 4) is 0 Å². The maximum absolute atomic E-state index is 10.9. The van der Waals surface area contributed by atoms with Crippen molar-refractivity contribution in [2.24, 2.45) is 0 Å². The third-order valence-electron chi connectivity index (χ3n) is 2.61. The van der Waals surface area contributed by atoms with Crippen molar-refractivity contribution in [2.45, 2.75) is 21.0 Å². The van der Waals surface area contributed by atoms with Crippen molar-refractivity contribution in [3.63, 3.8) is 0 Å². The van der Waals surface area contributed by atoms with Gasteiger partial charge < -0.3 is 5.11 Å². The van der Waals surface area contributed by atoms with Crippen molar-refractivity contribution in [1.29, 1.82) is 0 Å². The van der Waals surface area contributed by atoms with Crippen LogP contribution in [0.1, 0.15) is 5.56 Å². The molecule has 0 radical (unpaired) electrons. The van der Waals surface area contributed by atoms with Crippen molar-refractivity contribution in [1.82, 2.24) is 0 Å². The smallest absolute Gasteiger partial charge is 0.317 e. The molecular formula is C15H13BrO2S. The summed E-state index contributed by atoms with van der Waals surface area (Å²) in [6.07, 6.45) is 0.478. The van der Waals surface area contributed by atoms with Gasteiger partial charge in [-0.2, -0.15) is 0 Å². The Morgan fingerprint density at radius 3 is 2.42 bits per heavy atom. The molecule has 0 aliphatic carbocycles. The Kier molecular flexibility index (Phi) is 5.05. The van der Waals surface area contributed by atoms with Crippen LogP contribution in [0.3, 0.4) is 0 Å². The fraction of sp³-hybridized carbons (Fsp3) is 0.133. The van der Waals surface area contributed by atoms with Crippen molar-refractivity contribution in [2.75, 3.05) is 0 Å². The summed E-state index contributed by atoms with van der Waals surface area (Å²) in [7, 11) is 0. The van der Waals surface area contributed by atoms with E-state index in [0.29, 0.717) is 6.42 Å². The molecule has 0 saturated heterocycles. The SMILES string of the molecule is O=C(O)[C@@H](Br)Cc1ccccc1Sc1ccccc1. The Balaban J connectivity index is 2.19. The molecule has 4 heteroatoms. The number of hydrogen-bond acceptors (Lipinski definition) is 2. The lowest BCUT2D eigenvalue weighted by molar-refractivity contribution is -0.136. The minimum absolute atomic E-state index is 0.478. The van der Waals surface area contributed by atoms with Crippen LogP contribution in [0.5, 0.6) is 0 Å². The first-order valence-electron chi connectivity index (χ1n) is 5.84. The topological polar surface area (TPSA) is 37.3 Å². The molecule has 2 aromatic rings. The molecule has 0 aromatic heterocycles. The fourth-order valence-corrected chi connectivity index (χ4v) is 2.99. The maximum Gasteiger partial charge on any atom is 0.317 e. The molecule has 0 heterocycles. The molecule has 1 atom stereocenters. The quantitative estimate of drug-likeness (QED) is 0.830. The number of rotatable bonds is 5. The van der Waals surface area contributed by atoms with Crippen LogP contribution in [0.4, 0.5) is 0 Å². The molecule has 19 heavy (non-hydrogen) atoms. The number of carboxylic acids is 1. The lowest BCUT2D eigenvalue weighted by atomic mass is 10.1. The predicted octanol–water partition coefficient (Wildman–Crippen LogP) is 4.23. The van der Waals surface area contributed by atoms with E-state index in [0.717, 1.165) is 15.4 Å². The first-order valence-corrected chi connectivity index (χ1v) is 7.57. The highest BCUT2D eigenvalue weighted by atomic mass is 79.9. The highest BCUT2D eigenvalue weighted by molar-refractivity contribution is 9.10. The van der Waals surface area contributed by atoms with E-state index < -0.39 is 10.8 Å². The van der Waals surface area contributed by atoms with Gasteiger partial charge in [0.15, 0.2) is 0 Å². The second-order valence-electron chi connectivity index (χ2n) is 4.03. The highest BCUT2D eigenvalue weighted by Crippen LogP contribution is 2.31. The summed E-state index contributed by atoms with van der Waals surface area (Å²) < 4.78 is 0. The zero-order chi connectivity index (χ0) is 13.7. The zero-order valence-corrected chi connectivity index (χ0v) is 12.5. The molecular weight excluding hydrogens is 324 g/mol. The van der Waals surface area contributed by atoms with Crippen molar-refractivity contribution in [3.05, 3.63) is 60.2 Å². The summed E-state index contributed by atoms with van der Waals surface area (Å²) >= 11 is 4.84. The Labute approximate surface area is 125 Å². The van der Waals surface area contributed by atoms with Crippen LogP contribution < -0.4 is 0 Å². The van der Waals surface area contributed by atoms with Crippen LogP contribution >= 0.6 is 27.7 Å². The second kappa shape index (κ2) is 6.78. The summed E-state index contributed by atoms with van der Waals surface area (Å²) in [4.78, 5) is 12.6. The number of benzene rings is 2.